The molecule has 0 fully saturated rings. The predicted molar refractivity (Wildman–Crippen MR) is 59.9 cm³/mol. The molecule has 1 aromatic rings. The van der Waals surface area contributed by atoms with Gasteiger partial charge in [-0.15, -0.1) is 4.91 Å². The van der Waals surface area contributed by atoms with E-state index in [1.807, 2.05) is 0 Å². The van der Waals surface area contributed by atoms with Crippen molar-refractivity contribution in [1.82, 2.24) is 9.97 Å². The quantitative estimate of drug-likeness (QED) is 0.419. The van der Waals surface area contributed by atoms with E-state index >= 15 is 0 Å². The Labute approximate surface area is 95.8 Å². The van der Waals surface area contributed by atoms with Crippen LogP contribution in [0.1, 0.15) is 6.42 Å². The lowest BCUT2D eigenvalue weighted by Gasteiger charge is -2.12. The van der Waals surface area contributed by atoms with Gasteiger partial charge < -0.3 is 10.4 Å². The SMILES string of the molecule is O=NSCCC(Nc1ncccn1)C(=O)O. The van der Waals surface area contributed by atoms with Gasteiger partial charge in [-0.1, -0.05) is 0 Å². The highest BCUT2D eigenvalue weighted by atomic mass is 32.2. The molecule has 0 bridgehead atoms. The summed E-state index contributed by atoms with van der Waals surface area (Å²) < 4.78 is 2.59. The van der Waals surface area contributed by atoms with Crippen molar-refractivity contribution in [3.63, 3.8) is 0 Å². The molecule has 7 nitrogen and oxygen atoms in total. The van der Waals surface area contributed by atoms with Gasteiger partial charge in [0.2, 0.25) is 5.95 Å². The van der Waals surface area contributed by atoms with Crippen molar-refractivity contribution in [1.29, 1.82) is 0 Å². The van der Waals surface area contributed by atoms with Crippen LogP contribution in [0.2, 0.25) is 0 Å². The van der Waals surface area contributed by atoms with E-state index in [-0.39, 0.29) is 12.4 Å². The van der Waals surface area contributed by atoms with Crippen molar-refractivity contribution in [2.75, 3.05) is 11.1 Å². The van der Waals surface area contributed by atoms with Crippen molar-refractivity contribution < 1.29 is 9.90 Å². The number of carbonyl (C=O) groups is 1. The van der Waals surface area contributed by atoms with Crippen LogP contribution in [-0.2, 0) is 4.79 Å². The van der Waals surface area contributed by atoms with Crippen LogP contribution < -0.4 is 5.32 Å². The average molecular weight is 242 g/mol. The molecule has 0 aromatic carbocycles. The number of carboxylic acid groups (broad SMARTS) is 1. The molecule has 1 atom stereocenters. The molecule has 1 heterocycles. The van der Waals surface area contributed by atoms with Gasteiger partial charge in [0, 0.05) is 34.7 Å². The molecule has 0 aliphatic heterocycles. The normalized spacial score (nSPS) is 11.8. The fourth-order valence-electron chi connectivity index (χ4n) is 0.995. The van der Waals surface area contributed by atoms with Crippen LogP contribution in [0.4, 0.5) is 5.95 Å². The Morgan fingerprint density at radius 1 is 1.56 bits per heavy atom. The van der Waals surface area contributed by atoms with Gasteiger partial charge in [0.1, 0.15) is 6.04 Å². The molecule has 0 aliphatic rings. The third kappa shape index (κ3) is 4.22. The first-order valence-corrected chi connectivity index (χ1v) is 5.39. The third-order valence-corrected chi connectivity index (χ3v) is 2.24. The van der Waals surface area contributed by atoms with Gasteiger partial charge in [-0.05, 0) is 12.5 Å². The van der Waals surface area contributed by atoms with Crippen molar-refractivity contribution in [3.05, 3.63) is 23.4 Å². The smallest absolute Gasteiger partial charge is 0.326 e. The molecule has 1 aromatic heterocycles. The highest BCUT2D eigenvalue weighted by Gasteiger charge is 2.17. The van der Waals surface area contributed by atoms with Crippen LogP contribution in [0.3, 0.4) is 0 Å². The number of hydrogen-bond donors (Lipinski definition) is 2. The fraction of sp³-hybridized carbons (Fsp3) is 0.375. The predicted octanol–water partition coefficient (Wildman–Crippen LogP) is 1.15. The number of nitrogens with one attached hydrogen (secondary N) is 1. The average Bonchev–Trinajstić information content (AvgIpc) is 2.29. The van der Waals surface area contributed by atoms with Gasteiger partial charge in [-0.25, -0.2) is 14.8 Å². The van der Waals surface area contributed by atoms with E-state index in [2.05, 4.69) is 19.9 Å². The summed E-state index contributed by atoms with van der Waals surface area (Å²) in [5.74, 6) is -0.432. The van der Waals surface area contributed by atoms with Crippen molar-refractivity contribution in [3.8, 4) is 0 Å². The number of rotatable bonds is 7. The molecule has 0 radical (unpaired) electrons. The summed E-state index contributed by atoms with van der Waals surface area (Å²) in [7, 11) is 0. The Balaban J connectivity index is 2.51. The number of nitrogens with zero attached hydrogens (tertiary/aromatic N) is 3. The molecule has 0 amide bonds. The molecule has 16 heavy (non-hydrogen) atoms. The van der Waals surface area contributed by atoms with Crippen molar-refractivity contribution >= 4 is 23.9 Å². The second kappa shape index (κ2) is 6.72. The lowest BCUT2D eigenvalue weighted by Crippen LogP contribution is -2.30. The van der Waals surface area contributed by atoms with Gasteiger partial charge >= 0.3 is 5.97 Å². The van der Waals surface area contributed by atoms with E-state index in [1.165, 1.54) is 12.4 Å². The van der Waals surface area contributed by atoms with E-state index in [4.69, 9.17) is 5.11 Å². The maximum Gasteiger partial charge on any atom is 0.326 e. The largest absolute Gasteiger partial charge is 0.480 e. The van der Waals surface area contributed by atoms with E-state index in [0.717, 1.165) is 11.9 Å². The molecule has 8 heteroatoms. The molecule has 1 rings (SSSR count). The topological polar surface area (TPSA) is 105 Å². The van der Waals surface area contributed by atoms with Gasteiger partial charge in [-0.3, -0.25) is 0 Å². The first kappa shape index (κ1) is 12.4. The third-order valence-electron chi connectivity index (χ3n) is 1.72. The minimum Gasteiger partial charge on any atom is -0.480 e. The van der Waals surface area contributed by atoms with Gasteiger partial charge in [0.05, 0.1) is 0 Å². The monoisotopic (exact) mass is 242 g/mol. The van der Waals surface area contributed by atoms with E-state index in [0.29, 0.717) is 5.75 Å². The zero-order valence-corrected chi connectivity index (χ0v) is 9.05. The van der Waals surface area contributed by atoms with Crippen molar-refractivity contribution in [2.45, 2.75) is 12.5 Å². The van der Waals surface area contributed by atoms with Gasteiger partial charge in [-0.2, -0.15) is 0 Å². The molecule has 2 N–H and O–H groups in total. The second-order valence-electron chi connectivity index (χ2n) is 2.80. The number of aromatic nitrogens is 2. The highest BCUT2D eigenvalue weighted by molar-refractivity contribution is 7.97. The summed E-state index contributed by atoms with van der Waals surface area (Å²) in [6.07, 6.45) is 3.29. The van der Waals surface area contributed by atoms with Crippen LogP contribution in [0.25, 0.3) is 0 Å². The van der Waals surface area contributed by atoms with E-state index < -0.39 is 12.0 Å². The second-order valence-corrected chi connectivity index (χ2v) is 3.62. The minimum absolute atomic E-state index is 0.249. The summed E-state index contributed by atoms with van der Waals surface area (Å²) in [6.45, 7) is 0. The van der Waals surface area contributed by atoms with Crippen LogP contribution in [-0.4, -0.2) is 32.8 Å². The maximum absolute atomic E-state index is 10.9. The molecular formula is C8H10N4O3S. The molecule has 0 spiro atoms. The number of hydrogen-bond acceptors (Lipinski definition) is 7. The standard InChI is InChI=1S/C8H10N4O3S/c13-7(14)6(2-5-16-12-15)11-8-9-3-1-4-10-8/h1,3-4,6H,2,5H2,(H,13,14)(H,9,10,11). The van der Waals surface area contributed by atoms with Gasteiger partial charge in [0.25, 0.3) is 0 Å². The first-order chi connectivity index (χ1) is 7.74. The Kier molecular flexibility index (Phi) is 5.20. The highest BCUT2D eigenvalue weighted by Crippen LogP contribution is 2.08. The minimum atomic E-state index is -1.01. The zero-order chi connectivity index (χ0) is 11.8. The molecule has 0 aliphatic carbocycles. The number of carboxylic acids is 1. The molecule has 1 unspecified atom stereocenters. The summed E-state index contributed by atoms with van der Waals surface area (Å²) >= 11 is 0.790. The molecule has 86 valence electrons. The van der Waals surface area contributed by atoms with E-state index in [1.54, 1.807) is 6.07 Å². The van der Waals surface area contributed by atoms with Crippen LogP contribution in [0.5, 0.6) is 0 Å². The fourth-order valence-corrected chi connectivity index (χ4v) is 1.41. The summed E-state index contributed by atoms with van der Waals surface area (Å²) in [5.41, 5.74) is 0. The van der Waals surface area contributed by atoms with Crippen molar-refractivity contribution in [2.24, 2.45) is 4.58 Å². The Hall–Kier alpha value is -1.70. The molecule has 0 saturated heterocycles. The van der Waals surface area contributed by atoms with Crippen LogP contribution in [0.15, 0.2) is 23.0 Å². The van der Waals surface area contributed by atoms with E-state index in [9.17, 15) is 9.70 Å². The number of nitroso groups, excluding NO2 is 1. The molecular weight excluding hydrogens is 232 g/mol. The Bertz CT molecular complexity index is 348. The number of aliphatic carboxylic acids is 1. The summed E-state index contributed by atoms with van der Waals surface area (Å²) in [4.78, 5) is 28.4. The molecule has 0 saturated carbocycles. The summed E-state index contributed by atoms with van der Waals surface area (Å²) in [5, 5.41) is 11.6. The Morgan fingerprint density at radius 2 is 2.25 bits per heavy atom. The zero-order valence-electron chi connectivity index (χ0n) is 8.24. The number of anilines is 1. The first-order valence-electron chi connectivity index (χ1n) is 4.45. The Morgan fingerprint density at radius 3 is 2.81 bits per heavy atom. The summed E-state index contributed by atoms with van der Waals surface area (Å²) in [6, 6.07) is 0.810. The lowest BCUT2D eigenvalue weighted by atomic mass is 10.2. The van der Waals surface area contributed by atoms with Gasteiger partial charge in [0.15, 0.2) is 0 Å². The lowest BCUT2D eigenvalue weighted by molar-refractivity contribution is -0.137. The van der Waals surface area contributed by atoms with Crippen LogP contribution in [0, 0.1) is 4.91 Å². The van der Waals surface area contributed by atoms with Crippen LogP contribution >= 0.6 is 11.9 Å². The maximum atomic E-state index is 10.9.